The molecule has 2 heteroatoms. The molecule has 1 aliphatic rings. The first-order chi connectivity index (χ1) is 33.3. The van der Waals surface area contributed by atoms with Crippen molar-refractivity contribution in [2.24, 2.45) is 0 Å². The van der Waals surface area contributed by atoms with E-state index in [1.807, 2.05) is 0 Å². The van der Waals surface area contributed by atoms with E-state index in [2.05, 4.69) is 266 Å². The molecule has 13 rings (SSSR count). The van der Waals surface area contributed by atoms with Crippen LogP contribution >= 0.6 is 0 Å². The zero-order chi connectivity index (χ0) is 44.3. The van der Waals surface area contributed by atoms with Gasteiger partial charge < -0.3 is 9.32 Å². The molecular weight excluding hydrogens is 811 g/mol. The standard InChI is InChI=1S/C65H43NO/c1-5-20-44(21-6-1)45-36-38-47(39-37-45)56-43-57-63-61(34-19-35-62(63)67-64(57)55-31-14-13-29-52(55)56)66(60-33-18-16-28-51(60)46-22-7-2-8-23-46)50-40-41-54-53-30-15-17-32-58(53)65(59(54)42-50,48-24-9-3-10-25-48)49-26-11-4-12-27-49/h1-43H. The molecule has 0 saturated heterocycles. The molecule has 0 spiro atoms. The number of benzene rings is 11. The first-order valence-corrected chi connectivity index (χ1v) is 23.1. The van der Waals surface area contributed by atoms with Crippen LogP contribution in [0.4, 0.5) is 17.1 Å². The van der Waals surface area contributed by atoms with Gasteiger partial charge in [-0.2, -0.15) is 0 Å². The molecule has 11 aromatic carbocycles. The lowest BCUT2D eigenvalue weighted by atomic mass is 9.67. The molecule has 0 radical (unpaired) electrons. The maximum absolute atomic E-state index is 7.05. The Labute approximate surface area is 390 Å². The molecule has 314 valence electrons. The third kappa shape index (κ3) is 6.11. The fourth-order valence-corrected chi connectivity index (χ4v) is 11.0. The van der Waals surface area contributed by atoms with Gasteiger partial charge in [-0.1, -0.05) is 224 Å². The molecule has 1 aliphatic carbocycles. The van der Waals surface area contributed by atoms with Gasteiger partial charge in [0.05, 0.1) is 22.2 Å². The SMILES string of the molecule is c1ccc(-c2ccc(-c3cc4c(oc5cccc(N(c6ccc7c(c6)C(c6ccccc6)(c6ccccc6)c6ccccc6-7)c6ccccc6-c6ccccc6)c54)c4ccccc34)cc2)cc1. The Morgan fingerprint density at radius 1 is 0.313 bits per heavy atom. The molecular formula is C65H43NO. The van der Waals surface area contributed by atoms with Crippen molar-refractivity contribution in [3.63, 3.8) is 0 Å². The van der Waals surface area contributed by atoms with E-state index in [0.29, 0.717) is 0 Å². The van der Waals surface area contributed by atoms with Crippen LogP contribution in [0.1, 0.15) is 22.3 Å². The lowest BCUT2D eigenvalue weighted by molar-refractivity contribution is 0.672. The normalized spacial score (nSPS) is 12.6. The number of rotatable bonds is 8. The highest BCUT2D eigenvalue weighted by Gasteiger charge is 2.46. The Bertz CT molecular complexity index is 3740. The van der Waals surface area contributed by atoms with Crippen molar-refractivity contribution >= 4 is 49.8 Å². The molecule has 67 heavy (non-hydrogen) atoms. The zero-order valence-corrected chi connectivity index (χ0v) is 36.7. The van der Waals surface area contributed by atoms with E-state index in [1.54, 1.807) is 0 Å². The summed E-state index contributed by atoms with van der Waals surface area (Å²) in [5.74, 6) is 0. The largest absolute Gasteiger partial charge is 0.455 e. The number of anilines is 3. The zero-order valence-electron chi connectivity index (χ0n) is 36.7. The number of nitrogens with zero attached hydrogens (tertiary/aromatic N) is 1. The molecule has 0 atom stereocenters. The Balaban J connectivity index is 1.10. The summed E-state index contributed by atoms with van der Waals surface area (Å²) < 4.78 is 7.05. The molecule has 2 nitrogen and oxygen atoms in total. The highest BCUT2D eigenvalue weighted by atomic mass is 16.3. The fraction of sp³-hybridized carbons (Fsp3) is 0.0154. The molecule has 0 saturated carbocycles. The average molecular weight is 854 g/mol. The Hall–Kier alpha value is -8.72. The smallest absolute Gasteiger partial charge is 0.143 e. The molecule has 0 bridgehead atoms. The highest BCUT2D eigenvalue weighted by Crippen LogP contribution is 2.58. The van der Waals surface area contributed by atoms with Gasteiger partial charge in [-0.15, -0.1) is 0 Å². The number of hydrogen-bond acceptors (Lipinski definition) is 2. The summed E-state index contributed by atoms with van der Waals surface area (Å²) in [6, 6.07) is 95.0. The van der Waals surface area contributed by atoms with Crippen molar-refractivity contribution in [2.75, 3.05) is 4.90 Å². The summed E-state index contributed by atoms with van der Waals surface area (Å²) in [6.45, 7) is 0. The van der Waals surface area contributed by atoms with Gasteiger partial charge in [-0.3, -0.25) is 0 Å². The van der Waals surface area contributed by atoms with Gasteiger partial charge in [-0.25, -0.2) is 0 Å². The summed E-state index contributed by atoms with van der Waals surface area (Å²) >= 11 is 0. The van der Waals surface area contributed by atoms with Crippen LogP contribution in [0.3, 0.4) is 0 Å². The lowest BCUT2D eigenvalue weighted by Crippen LogP contribution is -2.28. The van der Waals surface area contributed by atoms with Crippen LogP contribution in [0.5, 0.6) is 0 Å². The molecule has 0 unspecified atom stereocenters. The summed E-state index contributed by atoms with van der Waals surface area (Å²) in [5.41, 5.74) is 18.9. The molecule has 12 aromatic rings. The van der Waals surface area contributed by atoms with Gasteiger partial charge in [0.25, 0.3) is 0 Å². The summed E-state index contributed by atoms with van der Waals surface area (Å²) in [4.78, 5) is 2.48. The van der Waals surface area contributed by atoms with Gasteiger partial charge in [0.15, 0.2) is 0 Å². The van der Waals surface area contributed by atoms with Gasteiger partial charge in [0, 0.05) is 22.0 Å². The van der Waals surface area contributed by atoms with E-state index in [-0.39, 0.29) is 0 Å². The van der Waals surface area contributed by atoms with Crippen LogP contribution in [0.2, 0.25) is 0 Å². The monoisotopic (exact) mass is 853 g/mol. The molecule has 1 heterocycles. The van der Waals surface area contributed by atoms with Gasteiger partial charge in [0.2, 0.25) is 0 Å². The van der Waals surface area contributed by atoms with Gasteiger partial charge in [0.1, 0.15) is 11.2 Å². The van der Waals surface area contributed by atoms with E-state index in [9.17, 15) is 0 Å². The lowest BCUT2D eigenvalue weighted by Gasteiger charge is -2.35. The molecule has 1 aromatic heterocycles. The van der Waals surface area contributed by atoms with Crippen molar-refractivity contribution in [1.29, 1.82) is 0 Å². The number of hydrogen-bond donors (Lipinski definition) is 0. The summed E-state index contributed by atoms with van der Waals surface area (Å²) in [5, 5.41) is 4.39. The van der Waals surface area contributed by atoms with Crippen LogP contribution in [0.15, 0.2) is 265 Å². The molecule has 0 fully saturated rings. The average Bonchev–Trinajstić information content (AvgIpc) is 3.94. The van der Waals surface area contributed by atoms with E-state index in [1.165, 1.54) is 50.1 Å². The Morgan fingerprint density at radius 2 is 0.836 bits per heavy atom. The summed E-state index contributed by atoms with van der Waals surface area (Å²) in [6.07, 6.45) is 0. The minimum atomic E-state index is -0.562. The first kappa shape index (κ1) is 38.7. The van der Waals surface area contributed by atoms with Crippen molar-refractivity contribution in [1.82, 2.24) is 0 Å². The van der Waals surface area contributed by atoms with Crippen LogP contribution < -0.4 is 4.90 Å². The van der Waals surface area contributed by atoms with Crippen LogP contribution in [0, 0.1) is 0 Å². The third-order valence-electron chi connectivity index (χ3n) is 14.0. The topological polar surface area (TPSA) is 16.4 Å². The van der Waals surface area contributed by atoms with Gasteiger partial charge in [-0.05, 0) is 103 Å². The quantitative estimate of drug-likeness (QED) is 0.151. The minimum absolute atomic E-state index is 0.562. The van der Waals surface area contributed by atoms with E-state index < -0.39 is 5.41 Å². The number of para-hydroxylation sites is 1. The van der Waals surface area contributed by atoms with Crippen LogP contribution in [-0.2, 0) is 5.41 Å². The van der Waals surface area contributed by atoms with E-state index >= 15 is 0 Å². The van der Waals surface area contributed by atoms with E-state index in [0.717, 1.165) is 66.5 Å². The predicted molar refractivity (Wildman–Crippen MR) is 280 cm³/mol. The summed E-state index contributed by atoms with van der Waals surface area (Å²) in [7, 11) is 0. The van der Waals surface area contributed by atoms with Crippen molar-refractivity contribution in [3.8, 4) is 44.5 Å². The maximum Gasteiger partial charge on any atom is 0.143 e. The molecule has 0 N–H and O–H groups in total. The van der Waals surface area contributed by atoms with Crippen molar-refractivity contribution in [3.05, 3.63) is 283 Å². The number of fused-ring (bicyclic) bond motifs is 8. The van der Waals surface area contributed by atoms with Gasteiger partial charge >= 0.3 is 0 Å². The Kier molecular flexibility index (Phi) is 9.11. The van der Waals surface area contributed by atoms with Crippen LogP contribution in [0.25, 0.3) is 77.2 Å². The predicted octanol–water partition coefficient (Wildman–Crippen LogP) is 17.6. The second-order valence-electron chi connectivity index (χ2n) is 17.5. The fourth-order valence-electron chi connectivity index (χ4n) is 11.0. The second kappa shape index (κ2) is 15.8. The highest BCUT2D eigenvalue weighted by molar-refractivity contribution is 6.22. The molecule has 0 aliphatic heterocycles. The molecule has 0 amide bonds. The number of furan rings is 1. The maximum atomic E-state index is 7.05. The first-order valence-electron chi connectivity index (χ1n) is 23.1. The third-order valence-corrected chi connectivity index (χ3v) is 14.0. The Morgan fingerprint density at radius 3 is 1.55 bits per heavy atom. The van der Waals surface area contributed by atoms with Crippen molar-refractivity contribution in [2.45, 2.75) is 5.41 Å². The van der Waals surface area contributed by atoms with Crippen molar-refractivity contribution < 1.29 is 4.42 Å². The minimum Gasteiger partial charge on any atom is -0.455 e. The van der Waals surface area contributed by atoms with E-state index in [4.69, 9.17) is 4.42 Å². The second-order valence-corrected chi connectivity index (χ2v) is 17.5. The van der Waals surface area contributed by atoms with Crippen LogP contribution in [-0.4, -0.2) is 0 Å².